The lowest BCUT2D eigenvalue weighted by Gasteiger charge is -2.37. The van der Waals surface area contributed by atoms with Crippen LogP contribution in [0, 0.1) is 0 Å². The Morgan fingerprint density at radius 1 is 1.32 bits per heavy atom. The lowest BCUT2D eigenvalue weighted by Crippen LogP contribution is -2.52. The van der Waals surface area contributed by atoms with Crippen LogP contribution in [0.1, 0.15) is 39.5 Å². The molecule has 1 fully saturated rings. The fraction of sp³-hybridized carbons (Fsp3) is 0.846. The summed E-state index contributed by atoms with van der Waals surface area (Å²) in [7, 11) is 0. The van der Waals surface area contributed by atoms with Gasteiger partial charge in [-0.3, -0.25) is 4.79 Å². The van der Waals surface area contributed by atoms with Gasteiger partial charge in [0.2, 0.25) is 0 Å². The summed E-state index contributed by atoms with van der Waals surface area (Å²) in [4.78, 5) is 24.2. The average molecular weight is 288 g/mol. The Hall–Kier alpha value is -0.910. The van der Waals surface area contributed by atoms with Crippen molar-refractivity contribution in [2.45, 2.75) is 50.8 Å². The zero-order valence-electron chi connectivity index (χ0n) is 11.7. The first-order valence-corrected chi connectivity index (χ1v) is 7.95. The van der Waals surface area contributed by atoms with E-state index in [0.29, 0.717) is 18.2 Å². The van der Waals surface area contributed by atoms with Crippen molar-refractivity contribution in [2.24, 2.45) is 0 Å². The van der Waals surface area contributed by atoms with Crippen molar-refractivity contribution >= 4 is 23.8 Å². The molecule has 0 spiro atoms. The predicted octanol–water partition coefficient (Wildman–Crippen LogP) is 2.17. The Balaban J connectivity index is 2.15. The third-order valence-electron chi connectivity index (χ3n) is 3.49. The molecule has 0 radical (unpaired) electrons. The van der Waals surface area contributed by atoms with E-state index in [1.807, 2.05) is 16.7 Å². The van der Waals surface area contributed by atoms with Crippen LogP contribution in [-0.2, 0) is 4.79 Å². The van der Waals surface area contributed by atoms with Crippen molar-refractivity contribution < 1.29 is 14.7 Å². The summed E-state index contributed by atoms with van der Waals surface area (Å²) in [6.07, 6.45) is 2.57. The molecule has 1 saturated heterocycles. The Morgan fingerprint density at radius 3 is 2.74 bits per heavy atom. The minimum atomic E-state index is -0.752. The highest BCUT2D eigenvalue weighted by molar-refractivity contribution is 8.00. The predicted molar refractivity (Wildman–Crippen MR) is 77.6 cm³/mol. The number of urea groups is 1. The third-order valence-corrected chi connectivity index (χ3v) is 4.83. The molecule has 1 aliphatic rings. The SMILES string of the molecule is CC1SCCN(C(=O)NCCCCCC(=O)O)C1C. The van der Waals surface area contributed by atoms with Gasteiger partial charge in [0, 0.05) is 36.6 Å². The highest BCUT2D eigenvalue weighted by Gasteiger charge is 2.28. The Labute approximate surface area is 119 Å². The second kappa shape index (κ2) is 8.30. The quantitative estimate of drug-likeness (QED) is 0.735. The van der Waals surface area contributed by atoms with E-state index < -0.39 is 5.97 Å². The van der Waals surface area contributed by atoms with Gasteiger partial charge >= 0.3 is 12.0 Å². The summed E-state index contributed by atoms with van der Waals surface area (Å²) >= 11 is 1.91. The molecule has 1 heterocycles. The van der Waals surface area contributed by atoms with Crippen LogP contribution in [0.3, 0.4) is 0 Å². The number of thioether (sulfide) groups is 1. The van der Waals surface area contributed by atoms with Crippen LogP contribution < -0.4 is 5.32 Å². The number of amides is 2. The van der Waals surface area contributed by atoms with Gasteiger partial charge in [-0.2, -0.15) is 11.8 Å². The van der Waals surface area contributed by atoms with Crippen LogP contribution in [0.25, 0.3) is 0 Å². The number of unbranched alkanes of at least 4 members (excludes halogenated alkanes) is 2. The maximum atomic E-state index is 12.0. The summed E-state index contributed by atoms with van der Waals surface area (Å²) in [5, 5.41) is 11.9. The molecule has 1 aliphatic heterocycles. The molecular formula is C13H24N2O3S. The van der Waals surface area contributed by atoms with Crippen molar-refractivity contribution in [3.05, 3.63) is 0 Å². The number of hydrogen-bond acceptors (Lipinski definition) is 3. The molecule has 6 heteroatoms. The van der Waals surface area contributed by atoms with Gasteiger partial charge in [-0.15, -0.1) is 0 Å². The van der Waals surface area contributed by atoms with Crippen LogP contribution in [-0.4, -0.2) is 52.1 Å². The van der Waals surface area contributed by atoms with Crippen molar-refractivity contribution in [3.8, 4) is 0 Å². The fourth-order valence-electron chi connectivity index (χ4n) is 2.09. The van der Waals surface area contributed by atoms with Gasteiger partial charge in [0.1, 0.15) is 0 Å². The molecule has 110 valence electrons. The van der Waals surface area contributed by atoms with Crippen LogP contribution in [0.15, 0.2) is 0 Å². The molecule has 2 atom stereocenters. The summed E-state index contributed by atoms with van der Waals surface area (Å²) in [6, 6.07) is 0.281. The Morgan fingerprint density at radius 2 is 2.05 bits per heavy atom. The maximum absolute atomic E-state index is 12.0. The number of carbonyl (C=O) groups is 2. The molecule has 5 nitrogen and oxygen atoms in total. The van der Waals surface area contributed by atoms with Gasteiger partial charge in [-0.25, -0.2) is 4.79 Å². The van der Waals surface area contributed by atoms with Crippen LogP contribution in [0.4, 0.5) is 4.79 Å². The number of carboxylic acid groups (broad SMARTS) is 1. The summed E-state index contributed by atoms with van der Waals surface area (Å²) in [6.45, 7) is 5.67. The van der Waals surface area contributed by atoms with Gasteiger partial charge in [-0.05, 0) is 19.8 Å². The summed E-state index contributed by atoms with van der Waals surface area (Å²) < 4.78 is 0. The largest absolute Gasteiger partial charge is 0.481 e. The lowest BCUT2D eigenvalue weighted by molar-refractivity contribution is -0.137. The molecule has 1 rings (SSSR count). The average Bonchev–Trinajstić information content (AvgIpc) is 2.36. The fourth-order valence-corrected chi connectivity index (χ4v) is 3.19. The molecule has 2 N–H and O–H groups in total. The van der Waals surface area contributed by atoms with E-state index in [4.69, 9.17) is 5.11 Å². The van der Waals surface area contributed by atoms with Crippen molar-refractivity contribution in [3.63, 3.8) is 0 Å². The number of carboxylic acids is 1. The van der Waals surface area contributed by atoms with E-state index in [9.17, 15) is 9.59 Å². The molecule has 2 unspecified atom stereocenters. The van der Waals surface area contributed by atoms with Gasteiger partial charge in [0.25, 0.3) is 0 Å². The first-order valence-electron chi connectivity index (χ1n) is 6.90. The minimum Gasteiger partial charge on any atom is -0.481 e. The third kappa shape index (κ3) is 5.72. The monoisotopic (exact) mass is 288 g/mol. The van der Waals surface area contributed by atoms with E-state index in [-0.39, 0.29) is 18.5 Å². The molecule has 0 saturated carbocycles. The minimum absolute atomic E-state index is 0.0119. The van der Waals surface area contributed by atoms with E-state index in [0.717, 1.165) is 25.1 Å². The summed E-state index contributed by atoms with van der Waals surface area (Å²) in [5.74, 6) is 0.245. The zero-order valence-corrected chi connectivity index (χ0v) is 12.5. The molecule has 0 aliphatic carbocycles. The van der Waals surface area contributed by atoms with Gasteiger partial charge in [0.15, 0.2) is 0 Å². The second-order valence-electron chi connectivity index (χ2n) is 4.95. The smallest absolute Gasteiger partial charge is 0.317 e. The molecule has 0 bridgehead atoms. The number of nitrogens with zero attached hydrogens (tertiary/aromatic N) is 1. The van der Waals surface area contributed by atoms with Gasteiger partial charge < -0.3 is 15.3 Å². The van der Waals surface area contributed by atoms with Crippen molar-refractivity contribution in [1.29, 1.82) is 0 Å². The van der Waals surface area contributed by atoms with E-state index in [1.165, 1.54) is 0 Å². The topological polar surface area (TPSA) is 69.6 Å². The van der Waals surface area contributed by atoms with E-state index >= 15 is 0 Å². The first kappa shape index (κ1) is 16.1. The van der Waals surface area contributed by atoms with Gasteiger partial charge in [-0.1, -0.05) is 13.3 Å². The molecule has 0 aromatic carbocycles. The Bertz CT molecular complexity index is 312. The van der Waals surface area contributed by atoms with Crippen LogP contribution >= 0.6 is 11.8 Å². The summed E-state index contributed by atoms with van der Waals surface area (Å²) in [5.41, 5.74) is 0. The number of carbonyl (C=O) groups excluding carboxylic acids is 1. The first-order chi connectivity index (χ1) is 9.02. The Kier molecular flexibility index (Phi) is 7.05. The lowest BCUT2D eigenvalue weighted by atomic mass is 10.2. The molecular weight excluding hydrogens is 264 g/mol. The van der Waals surface area contributed by atoms with Crippen LogP contribution in [0.5, 0.6) is 0 Å². The molecule has 0 aromatic rings. The molecule has 0 aromatic heterocycles. The standard InChI is InChI=1S/C13H24N2O3S/c1-10-11(2)19-9-8-15(10)13(18)14-7-5-3-4-6-12(16)17/h10-11H,3-9H2,1-2H3,(H,14,18)(H,16,17). The molecule has 19 heavy (non-hydrogen) atoms. The van der Waals surface area contributed by atoms with Crippen LogP contribution in [0.2, 0.25) is 0 Å². The highest BCUT2D eigenvalue weighted by atomic mass is 32.2. The second-order valence-corrected chi connectivity index (χ2v) is 6.43. The van der Waals surface area contributed by atoms with E-state index in [2.05, 4.69) is 19.2 Å². The number of hydrogen-bond donors (Lipinski definition) is 2. The van der Waals surface area contributed by atoms with Crippen molar-refractivity contribution in [2.75, 3.05) is 18.8 Å². The van der Waals surface area contributed by atoms with Crippen molar-refractivity contribution in [1.82, 2.24) is 10.2 Å². The van der Waals surface area contributed by atoms with E-state index in [1.54, 1.807) is 0 Å². The normalized spacial score (nSPS) is 23.2. The highest BCUT2D eigenvalue weighted by Crippen LogP contribution is 2.23. The van der Waals surface area contributed by atoms with Gasteiger partial charge in [0.05, 0.1) is 0 Å². The number of rotatable bonds is 6. The molecule has 2 amide bonds. The number of nitrogens with one attached hydrogen (secondary N) is 1. The zero-order chi connectivity index (χ0) is 14.3. The number of aliphatic carboxylic acids is 1. The maximum Gasteiger partial charge on any atom is 0.317 e.